The first-order valence-corrected chi connectivity index (χ1v) is 16.7. The second-order valence-corrected chi connectivity index (χ2v) is 14.3. The normalized spacial score (nSPS) is 20.7. The van der Waals surface area contributed by atoms with Gasteiger partial charge in [-0.1, -0.05) is 27.7 Å². The van der Waals surface area contributed by atoms with E-state index >= 15 is 0 Å². The van der Waals surface area contributed by atoms with Crippen LogP contribution >= 0.6 is 0 Å². The molecule has 0 aromatic rings. The summed E-state index contributed by atoms with van der Waals surface area (Å²) in [5.74, 6) is 0. The summed E-state index contributed by atoms with van der Waals surface area (Å²) in [6.45, 7) is 9.23. The van der Waals surface area contributed by atoms with Gasteiger partial charge in [-0.25, -0.2) is 0 Å². The second kappa shape index (κ2) is 15.2. The highest BCUT2D eigenvalue weighted by atomic mass is 28.5. The van der Waals surface area contributed by atoms with Crippen LogP contribution in [0.25, 0.3) is 0 Å². The minimum absolute atomic E-state index is 0.0441. The van der Waals surface area contributed by atoms with Gasteiger partial charge in [0.25, 0.3) is 6.48 Å². The second-order valence-electron chi connectivity index (χ2n) is 6.75. The topological polar surface area (TPSA) is 73.8 Å². The fourth-order valence-corrected chi connectivity index (χ4v) is 7.82. The molecular formula is C18H44O8Si3. The Labute approximate surface area is 185 Å². The van der Waals surface area contributed by atoms with Crippen LogP contribution in [-0.4, -0.2) is 66.2 Å². The van der Waals surface area contributed by atoms with Gasteiger partial charge in [-0.3, -0.25) is 0 Å². The van der Waals surface area contributed by atoms with Crippen molar-refractivity contribution in [3.05, 3.63) is 0 Å². The van der Waals surface area contributed by atoms with Crippen molar-refractivity contribution < 1.29 is 39.5 Å². The van der Waals surface area contributed by atoms with E-state index in [1.807, 2.05) is 27.7 Å². The molecule has 8 nitrogen and oxygen atoms in total. The predicted octanol–water partition coefficient (Wildman–Crippen LogP) is 4.51. The zero-order valence-corrected chi connectivity index (χ0v) is 22.1. The maximum absolute atomic E-state index is 8.22. The van der Waals surface area contributed by atoms with Crippen LogP contribution < -0.4 is 0 Å². The van der Waals surface area contributed by atoms with Crippen LogP contribution in [0.3, 0.4) is 0 Å². The Balaban J connectivity index is 5.88. The van der Waals surface area contributed by atoms with Gasteiger partial charge in [0.2, 0.25) is 0 Å². The van der Waals surface area contributed by atoms with E-state index in [0.717, 1.165) is 12.8 Å². The number of hydrogen-bond donors (Lipinski definition) is 0. The first kappa shape index (κ1) is 24.0. The monoisotopic (exact) mass is 478 g/mol. The summed E-state index contributed by atoms with van der Waals surface area (Å²) in [7, 11) is -8.71. The lowest BCUT2D eigenvalue weighted by Crippen LogP contribution is -2.58. The highest BCUT2D eigenvalue weighted by molar-refractivity contribution is 6.73. The van der Waals surface area contributed by atoms with Crippen molar-refractivity contribution in [3.63, 3.8) is 0 Å². The summed E-state index contributed by atoms with van der Waals surface area (Å²) in [5, 5.41) is 0. The average molecular weight is 479 g/mol. The first-order valence-electron chi connectivity index (χ1n) is 12.4. The summed E-state index contributed by atoms with van der Waals surface area (Å²) in [6.07, 6.45) is 2.91. The molecule has 0 bridgehead atoms. The molecule has 0 rings (SSSR count). The molecule has 0 radical (unpaired) electrons. The molecule has 0 fully saturated rings. The van der Waals surface area contributed by atoms with Crippen molar-refractivity contribution in [3.8, 4) is 0 Å². The van der Waals surface area contributed by atoms with Gasteiger partial charge >= 0.3 is 26.2 Å². The summed E-state index contributed by atoms with van der Waals surface area (Å²) >= 11 is 0. The number of rotatable bonds is 19. The zero-order chi connectivity index (χ0) is 24.5. The van der Waals surface area contributed by atoms with Crippen molar-refractivity contribution >= 4 is 26.2 Å². The highest BCUT2D eigenvalue weighted by Crippen LogP contribution is 2.23. The molecule has 0 saturated heterocycles. The van der Waals surface area contributed by atoms with E-state index in [-0.39, 0.29) is 19.6 Å². The zero-order valence-electron chi connectivity index (χ0n) is 22.1. The Morgan fingerprint density at radius 1 is 0.724 bits per heavy atom. The molecule has 0 saturated carbocycles. The molecule has 0 aliphatic carbocycles. The Morgan fingerprint density at radius 2 is 1.28 bits per heavy atom. The lowest BCUT2D eigenvalue weighted by Gasteiger charge is -2.37. The van der Waals surface area contributed by atoms with E-state index in [1.165, 1.54) is 7.11 Å². The van der Waals surface area contributed by atoms with Gasteiger partial charge in [-0.05, 0) is 38.8 Å². The molecule has 0 heterocycles. The maximum atomic E-state index is 8.22. The predicted molar refractivity (Wildman–Crippen MR) is 120 cm³/mol. The van der Waals surface area contributed by atoms with Crippen LogP contribution in [0.1, 0.15) is 57.5 Å². The summed E-state index contributed by atoms with van der Waals surface area (Å²) in [5.41, 5.74) is 0. The minimum atomic E-state index is -3.76. The van der Waals surface area contributed by atoms with Gasteiger partial charge in [0.05, 0.1) is 6.61 Å². The van der Waals surface area contributed by atoms with E-state index in [0.29, 0.717) is 39.3 Å². The third-order valence-corrected chi connectivity index (χ3v) is 9.82. The maximum Gasteiger partial charge on any atom is 0.494 e. The summed E-state index contributed by atoms with van der Waals surface area (Å²) in [4.78, 5) is 0. The van der Waals surface area contributed by atoms with Crippen LogP contribution in [0.5, 0.6) is 0 Å². The SMILES string of the molecule is [3H]C[Si](C)(OCCC)OC(OCCC)O[Si](C[3H])(OCCC)O[Si](C[3H])(OC)OCCC. The Kier molecular flexibility index (Phi) is 12.6. The molecule has 11 heteroatoms. The van der Waals surface area contributed by atoms with Crippen molar-refractivity contribution in [1.82, 2.24) is 0 Å². The van der Waals surface area contributed by atoms with Crippen LogP contribution in [0.15, 0.2) is 0 Å². The van der Waals surface area contributed by atoms with E-state index in [4.69, 9.17) is 39.5 Å². The Hall–Kier alpha value is 0.331. The van der Waals surface area contributed by atoms with E-state index < -0.39 is 32.6 Å². The molecule has 4 unspecified atom stereocenters. The van der Waals surface area contributed by atoms with Crippen LogP contribution in [0.4, 0.5) is 0 Å². The molecular weight excluding hydrogens is 428 g/mol. The Morgan fingerprint density at radius 3 is 1.76 bits per heavy atom. The largest absolute Gasteiger partial charge is 0.494 e. The standard InChI is InChI=1S/C18H44O8Si3/c1-10-14-20-18(24-27(6,7)21-15-11-2)25-29(9,23-17-13-4)26-28(8,19-5)22-16-12-3/h18H,10-17H2,1-9H3/i6T,8T,9T. The molecule has 0 spiro atoms. The molecule has 0 aliphatic heterocycles. The van der Waals surface area contributed by atoms with E-state index in [2.05, 4.69) is 0 Å². The third kappa shape index (κ3) is 13.4. The summed E-state index contributed by atoms with van der Waals surface area (Å²) < 4.78 is 71.5. The molecule has 0 aromatic heterocycles. The molecule has 0 amide bonds. The quantitative estimate of drug-likeness (QED) is 0.198. The lowest BCUT2D eigenvalue weighted by atomic mass is 10.5. The Bertz CT molecular complexity index is 471. The summed E-state index contributed by atoms with van der Waals surface area (Å²) in [6, 6.07) is 0. The van der Waals surface area contributed by atoms with Crippen LogP contribution in [0.2, 0.25) is 26.1 Å². The van der Waals surface area contributed by atoms with Gasteiger partial charge in [0.1, 0.15) is 0 Å². The minimum Gasteiger partial charge on any atom is -0.394 e. The van der Waals surface area contributed by atoms with Crippen molar-refractivity contribution in [2.45, 2.75) is 86.0 Å². The van der Waals surface area contributed by atoms with Crippen LogP contribution in [-0.2, 0) is 35.4 Å². The lowest BCUT2D eigenvalue weighted by molar-refractivity contribution is -0.231. The van der Waals surface area contributed by atoms with Gasteiger partial charge in [-0.15, -0.1) is 0 Å². The first-order chi connectivity index (χ1) is 15.3. The van der Waals surface area contributed by atoms with Crippen LogP contribution in [0, 0.1) is 0 Å². The van der Waals surface area contributed by atoms with E-state index in [1.54, 1.807) is 6.55 Å². The van der Waals surface area contributed by atoms with E-state index in [9.17, 15) is 0 Å². The third-order valence-electron chi connectivity index (χ3n) is 3.37. The highest BCUT2D eigenvalue weighted by Gasteiger charge is 2.49. The number of hydrogen-bond acceptors (Lipinski definition) is 8. The van der Waals surface area contributed by atoms with Gasteiger partial charge in [0, 0.05) is 44.1 Å². The fourth-order valence-electron chi connectivity index (χ4n) is 1.98. The van der Waals surface area contributed by atoms with Gasteiger partial charge in [-0.2, -0.15) is 0 Å². The van der Waals surface area contributed by atoms with Crippen molar-refractivity contribution in [2.75, 3.05) is 33.5 Å². The van der Waals surface area contributed by atoms with Crippen molar-refractivity contribution in [1.29, 1.82) is 0 Å². The molecule has 0 aromatic carbocycles. The smallest absolute Gasteiger partial charge is 0.394 e. The van der Waals surface area contributed by atoms with Gasteiger partial charge < -0.3 is 35.4 Å². The molecule has 0 N–H and O–H groups in total. The van der Waals surface area contributed by atoms with Gasteiger partial charge in [0.15, 0.2) is 0 Å². The molecule has 4 atom stereocenters. The molecule has 0 aliphatic rings. The van der Waals surface area contributed by atoms with Crippen molar-refractivity contribution in [2.24, 2.45) is 0 Å². The number of ether oxygens (including phenoxy) is 1. The molecule has 176 valence electrons. The average Bonchev–Trinajstić information content (AvgIpc) is 2.82. The fraction of sp³-hybridized carbons (Fsp3) is 1.00. The molecule has 29 heavy (non-hydrogen) atoms.